The zero-order valence-electron chi connectivity index (χ0n) is 32.8. The third-order valence-corrected chi connectivity index (χ3v) is 10.7. The van der Waals surface area contributed by atoms with Crippen molar-refractivity contribution in [2.24, 2.45) is 0 Å². The monoisotopic (exact) mass is 736 g/mol. The van der Waals surface area contributed by atoms with E-state index in [1.54, 1.807) is 0 Å². The maximum absolute atomic E-state index is 6.56. The molecular formula is C55H44O2. The Morgan fingerprint density at radius 2 is 0.754 bits per heavy atom. The van der Waals surface area contributed by atoms with Gasteiger partial charge in [0.2, 0.25) is 0 Å². The number of benzene rings is 9. The standard InChI is InChI=1S/C50H30O2.C3H8.C2H6/c1-2-18-37(34(15-1)42-23-12-24-43-35-16-7-10-26-46(35)52-50(42)43)49-40-21-5-3-19-38(40)48(39-20-4-6-22-41(39)49)33-14-11-13-31(29-33)32-27-28-47-44(30-32)36-17-8-9-25-45(36)51-47;1-3-2;1-2/h1-30H;3H2,1-2H3;1-2H3. The maximum atomic E-state index is 6.56. The van der Waals surface area contributed by atoms with Crippen molar-refractivity contribution >= 4 is 65.4 Å². The second-order valence-corrected chi connectivity index (χ2v) is 14.3. The summed E-state index contributed by atoms with van der Waals surface area (Å²) < 4.78 is 12.7. The first-order valence-electron chi connectivity index (χ1n) is 20.2. The Morgan fingerprint density at radius 3 is 1.42 bits per heavy atom. The minimum absolute atomic E-state index is 0.906. The molecule has 276 valence electrons. The molecular weight excluding hydrogens is 693 g/mol. The lowest BCUT2D eigenvalue weighted by atomic mass is 9.83. The molecule has 2 aromatic heterocycles. The van der Waals surface area contributed by atoms with Gasteiger partial charge < -0.3 is 8.83 Å². The molecule has 0 aliphatic rings. The molecule has 0 saturated carbocycles. The van der Waals surface area contributed by atoms with Crippen LogP contribution < -0.4 is 0 Å². The Labute approximate surface area is 333 Å². The predicted molar refractivity (Wildman–Crippen MR) is 245 cm³/mol. The van der Waals surface area contributed by atoms with Crippen LogP contribution in [0, 0.1) is 0 Å². The minimum Gasteiger partial charge on any atom is -0.456 e. The van der Waals surface area contributed by atoms with Crippen LogP contribution in [0.1, 0.15) is 34.1 Å². The first kappa shape index (κ1) is 35.8. The van der Waals surface area contributed by atoms with Crippen molar-refractivity contribution < 1.29 is 8.83 Å². The number of rotatable bonds is 4. The van der Waals surface area contributed by atoms with Gasteiger partial charge in [-0.2, -0.15) is 0 Å². The topological polar surface area (TPSA) is 26.3 Å². The van der Waals surface area contributed by atoms with Crippen LogP contribution >= 0.6 is 0 Å². The molecule has 0 fully saturated rings. The van der Waals surface area contributed by atoms with Crippen LogP contribution in [0.15, 0.2) is 191 Å². The molecule has 0 amide bonds. The second-order valence-electron chi connectivity index (χ2n) is 14.3. The van der Waals surface area contributed by atoms with Crippen LogP contribution in [0.3, 0.4) is 0 Å². The van der Waals surface area contributed by atoms with E-state index in [-0.39, 0.29) is 0 Å². The van der Waals surface area contributed by atoms with Gasteiger partial charge in [-0.05, 0) is 90.8 Å². The molecule has 2 heteroatoms. The van der Waals surface area contributed by atoms with E-state index < -0.39 is 0 Å². The van der Waals surface area contributed by atoms with Crippen molar-refractivity contribution in [1.82, 2.24) is 0 Å². The summed E-state index contributed by atoms with van der Waals surface area (Å²) in [5.74, 6) is 0. The smallest absolute Gasteiger partial charge is 0.143 e. The molecule has 11 aromatic rings. The van der Waals surface area contributed by atoms with Crippen molar-refractivity contribution in [1.29, 1.82) is 0 Å². The number of para-hydroxylation sites is 3. The van der Waals surface area contributed by atoms with E-state index in [0.29, 0.717) is 0 Å². The van der Waals surface area contributed by atoms with E-state index in [1.807, 2.05) is 32.0 Å². The van der Waals surface area contributed by atoms with Gasteiger partial charge >= 0.3 is 0 Å². The van der Waals surface area contributed by atoms with Crippen LogP contribution in [0.5, 0.6) is 0 Å². The third-order valence-electron chi connectivity index (χ3n) is 10.7. The second kappa shape index (κ2) is 15.3. The fraction of sp³-hybridized carbons (Fsp3) is 0.0909. The number of hydrogen-bond donors (Lipinski definition) is 0. The molecule has 0 radical (unpaired) electrons. The third kappa shape index (κ3) is 6.15. The zero-order chi connectivity index (χ0) is 38.9. The van der Waals surface area contributed by atoms with Gasteiger partial charge in [0, 0.05) is 27.1 Å². The lowest BCUT2D eigenvalue weighted by molar-refractivity contribution is 0.669. The van der Waals surface area contributed by atoms with Gasteiger partial charge in [-0.15, -0.1) is 0 Å². The van der Waals surface area contributed by atoms with Crippen LogP contribution in [-0.4, -0.2) is 0 Å². The zero-order valence-corrected chi connectivity index (χ0v) is 32.8. The van der Waals surface area contributed by atoms with Crippen molar-refractivity contribution in [3.63, 3.8) is 0 Å². The molecule has 0 saturated heterocycles. The van der Waals surface area contributed by atoms with Gasteiger partial charge in [0.05, 0.1) is 0 Å². The fourth-order valence-electron chi connectivity index (χ4n) is 8.38. The average molecular weight is 737 g/mol. The van der Waals surface area contributed by atoms with Crippen molar-refractivity contribution in [2.45, 2.75) is 34.1 Å². The number of furan rings is 2. The Balaban J connectivity index is 0.000000810. The van der Waals surface area contributed by atoms with Crippen LogP contribution in [0.2, 0.25) is 0 Å². The maximum Gasteiger partial charge on any atom is 0.143 e. The molecule has 9 aromatic carbocycles. The fourth-order valence-corrected chi connectivity index (χ4v) is 8.38. The molecule has 0 N–H and O–H groups in total. The first-order valence-corrected chi connectivity index (χ1v) is 20.2. The minimum atomic E-state index is 0.906. The van der Waals surface area contributed by atoms with Crippen molar-refractivity contribution in [3.8, 4) is 44.5 Å². The molecule has 2 nitrogen and oxygen atoms in total. The molecule has 0 aliphatic heterocycles. The molecule has 0 aliphatic carbocycles. The molecule has 11 rings (SSSR count). The summed E-state index contributed by atoms with van der Waals surface area (Å²) in [6.07, 6.45) is 1.25. The Hall–Kier alpha value is -6.90. The molecule has 2 heterocycles. The van der Waals surface area contributed by atoms with Gasteiger partial charge in [-0.1, -0.05) is 186 Å². The Kier molecular flexibility index (Phi) is 9.62. The lowest BCUT2D eigenvalue weighted by Gasteiger charge is -2.20. The molecule has 57 heavy (non-hydrogen) atoms. The van der Waals surface area contributed by atoms with Gasteiger partial charge in [0.1, 0.15) is 22.3 Å². The predicted octanol–water partition coefficient (Wildman–Crippen LogP) is 16.9. The van der Waals surface area contributed by atoms with Gasteiger partial charge in [0.15, 0.2) is 0 Å². The summed E-state index contributed by atoms with van der Waals surface area (Å²) in [5.41, 5.74) is 13.1. The van der Waals surface area contributed by atoms with E-state index >= 15 is 0 Å². The van der Waals surface area contributed by atoms with E-state index in [9.17, 15) is 0 Å². The molecule has 0 atom stereocenters. The number of hydrogen-bond acceptors (Lipinski definition) is 2. The van der Waals surface area contributed by atoms with E-state index in [4.69, 9.17) is 8.83 Å². The SMILES string of the molecule is CC.CCC.c1cc(-c2ccc3oc4ccccc4c3c2)cc(-c2c3ccccc3c(-c3ccccc3-c3cccc4c3oc3ccccc34)c3ccccc23)c1. The van der Waals surface area contributed by atoms with Crippen molar-refractivity contribution in [3.05, 3.63) is 182 Å². The average Bonchev–Trinajstić information content (AvgIpc) is 3.85. The summed E-state index contributed by atoms with van der Waals surface area (Å²) >= 11 is 0. The lowest BCUT2D eigenvalue weighted by Crippen LogP contribution is -1.93. The normalized spacial score (nSPS) is 11.2. The highest BCUT2D eigenvalue weighted by molar-refractivity contribution is 6.23. The molecule has 0 bridgehead atoms. The van der Waals surface area contributed by atoms with Crippen LogP contribution in [-0.2, 0) is 0 Å². The molecule has 0 unspecified atom stereocenters. The highest BCUT2D eigenvalue weighted by Gasteiger charge is 2.21. The van der Waals surface area contributed by atoms with Gasteiger partial charge in [-0.25, -0.2) is 0 Å². The van der Waals surface area contributed by atoms with E-state index in [2.05, 4.69) is 178 Å². The Morgan fingerprint density at radius 1 is 0.316 bits per heavy atom. The van der Waals surface area contributed by atoms with Gasteiger partial charge in [-0.3, -0.25) is 0 Å². The summed E-state index contributed by atoms with van der Waals surface area (Å²) in [7, 11) is 0. The highest BCUT2D eigenvalue weighted by Crippen LogP contribution is 2.48. The summed E-state index contributed by atoms with van der Waals surface area (Å²) in [5, 5.41) is 9.43. The van der Waals surface area contributed by atoms with Crippen LogP contribution in [0.25, 0.3) is 110 Å². The first-order chi connectivity index (χ1) is 28.2. The largest absolute Gasteiger partial charge is 0.456 e. The quantitative estimate of drug-likeness (QED) is 0.168. The Bertz CT molecular complexity index is 3150. The van der Waals surface area contributed by atoms with E-state index in [0.717, 1.165) is 55.0 Å². The number of fused-ring (bicyclic) bond motifs is 8. The summed E-state index contributed by atoms with van der Waals surface area (Å²) in [4.78, 5) is 0. The summed E-state index contributed by atoms with van der Waals surface area (Å²) in [6, 6.07) is 65.1. The molecule has 0 spiro atoms. The van der Waals surface area contributed by atoms with E-state index in [1.165, 1.54) is 61.3 Å². The van der Waals surface area contributed by atoms with Crippen molar-refractivity contribution in [2.75, 3.05) is 0 Å². The van der Waals surface area contributed by atoms with Gasteiger partial charge in [0.25, 0.3) is 0 Å². The van der Waals surface area contributed by atoms with Crippen LogP contribution in [0.4, 0.5) is 0 Å². The summed E-state index contributed by atoms with van der Waals surface area (Å²) in [6.45, 7) is 8.25. The highest BCUT2D eigenvalue weighted by atomic mass is 16.3.